The maximum absolute atomic E-state index is 12.5. The van der Waals surface area contributed by atoms with Crippen molar-refractivity contribution in [2.24, 2.45) is 5.92 Å². The first kappa shape index (κ1) is 14.3. The summed E-state index contributed by atoms with van der Waals surface area (Å²) in [5.41, 5.74) is 7.45. The molecule has 2 N–H and O–H groups in total. The van der Waals surface area contributed by atoms with E-state index in [9.17, 15) is 8.42 Å². The zero-order chi connectivity index (χ0) is 14.0. The Labute approximate surface area is 115 Å². The molecular weight excluding hydrogens is 260 g/mol. The van der Waals surface area contributed by atoms with Crippen molar-refractivity contribution in [2.45, 2.75) is 38.0 Å². The van der Waals surface area contributed by atoms with Crippen LogP contribution < -0.4 is 5.73 Å². The van der Waals surface area contributed by atoms with Gasteiger partial charge in [-0.3, -0.25) is 0 Å². The molecule has 5 heteroatoms. The van der Waals surface area contributed by atoms with Crippen LogP contribution in [0, 0.1) is 5.92 Å². The average molecular weight is 282 g/mol. The number of hydrogen-bond donors (Lipinski definition) is 1. The SMILES string of the molecule is CCc1ccc(S(=O)(=O)N2CCC(CC)C2)cc1N. The molecule has 0 bridgehead atoms. The van der Waals surface area contributed by atoms with Crippen molar-refractivity contribution >= 4 is 15.7 Å². The number of aryl methyl sites for hydroxylation is 1. The molecule has 1 aliphatic rings. The summed E-state index contributed by atoms with van der Waals surface area (Å²) in [5.74, 6) is 0.488. The highest BCUT2D eigenvalue weighted by Crippen LogP contribution is 2.27. The standard InChI is InChI=1S/C14H22N2O2S/c1-3-11-7-8-16(10-11)19(17,18)13-6-5-12(4-2)14(15)9-13/h5-6,9,11H,3-4,7-8,10,15H2,1-2H3. The van der Waals surface area contributed by atoms with Crippen LogP contribution in [-0.2, 0) is 16.4 Å². The maximum atomic E-state index is 12.5. The summed E-state index contributed by atoms with van der Waals surface area (Å²) in [7, 11) is -3.38. The lowest BCUT2D eigenvalue weighted by molar-refractivity contribution is 0.453. The molecule has 1 saturated heterocycles. The Kier molecular flexibility index (Phi) is 4.16. The van der Waals surface area contributed by atoms with Crippen LogP contribution in [0.4, 0.5) is 5.69 Å². The topological polar surface area (TPSA) is 63.4 Å². The highest BCUT2D eigenvalue weighted by Gasteiger charge is 2.31. The summed E-state index contributed by atoms with van der Waals surface area (Å²) in [6, 6.07) is 5.08. The number of benzene rings is 1. The highest BCUT2D eigenvalue weighted by molar-refractivity contribution is 7.89. The van der Waals surface area contributed by atoms with Gasteiger partial charge in [0.05, 0.1) is 4.90 Å². The van der Waals surface area contributed by atoms with E-state index in [-0.39, 0.29) is 0 Å². The molecule has 19 heavy (non-hydrogen) atoms. The molecule has 0 saturated carbocycles. The maximum Gasteiger partial charge on any atom is 0.243 e. The number of rotatable bonds is 4. The van der Waals surface area contributed by atoms with E-state index in [1.807, 2.05) is 13.0 Å². The molecule has 1 aromatic rings. The molecule has 1 aliphatic heterocycles. The van der Waals surface area contributed by atoms with Gasteiger partial charge in [-0.15, -0.1) is 0 Å². The molecule has 1 aromatic carbocycles. The van der Waals surface area contributed by atoms with E-state index in [0.29, 0.717) is 29.6 Å². The van der Waals surface area contributed by atoms with Crippen molar-refractivity contribution < 1.29 is 8.42 Å². The number of anilines is 1. The third-order valence-electron chi connectivity index (χ3n) is 3.96. The molecule has 1 unspecified atom stereocenters. The van der Waals surface area contributed by atoms with E-state index >= 15 is 0 Å². The van der Waals surface area contributed by atoms with Crippen LogP contribution in [0.25, 0.3) is 0 Å². The van der Waals surface area contributed by atoms with Crippen LogP contribution in [0.1, 0.15) is 32.3 Å². The quantitative estimate of drug-likeness (QED) is 0.862. The molecule has 0 amide bonds. The second kappa shape index (κ2) is 5.51. The molecule has 0 spiro atoms. The van der Waals surface area contributed by atoms with Crippen LogP contribution in [0.5, 0.6) is 0 Å². The van der Waals surface area contributed by atoms with Crippen LogP contribution in [0.2, 0.25) is 0 Å². The van der Waals surface area contributed by atoms with Gasteiger partial charge in [-0.05, 0) is 36.5 Å². The third kappa shape index (κ3) is 2.77. The molecule has 1 fully saturated rings. The van der Waals surface area contributed by atoms with Crippen molar-refractivity contribution in [1.82, 2.24) is 4.31 Å². The van der Waals surface area contributed by atoms with Crippen LogP contribution in [0.15, 0.2) is 23.1 Å². The zero-order valence-electron chi connectivity index (χ0n) is 11.6. The van der Waals surface area contributed by atoms with Gasteiger partial charge < -0.3 is 5.73 Å². The lowest BCUT2D eigenvalue weighted by atomic mass is 10.1. The summed E-state index contributed by atoms with van der Waals surface area (Å²) >= 11 is 0. The molecule has 0 radical (unpaired) electrons. The van der Waals surface area contributed by atoms with Crippen molar-refractivity contribution in [3.05, 3.63) is 23.8 Å². The fourth-order valence-electron chi connectivity index (χ4n) is 2.55. The first-order valence-electron chi connectivity index (χ1n) is 6.87. The Morgan fingerprint density at radius 1 is 1.37 bits per heavy atom. The van der Waals surface area contributed by atoms with Crippen molar-refractivity contribution in [2.75, 3.05) is 18.8 Å². The van der Waals surface area contributed by atoms with Gasteiger partial charge in [-0.1, -0.05) is 26.3 Å². The van der Waals surface area contributed by atoms with Crippen molar-refractivity contribution in [1.29, 1.82) is 0 Å². The Bertz CT molecular complexity index is 555. The molecule has 1 atom stereocenters. The Balaban J connectivity index is 2.27. The van der Waals surface area contributed by atoms with Crippen molar-refractivity contribution in [3.8, 4) is 0 Å². The highest BCUT2D eigenvalue weighted by atomic mass is 32.2. The second-order valence-electron chi connectivity index (χ2n) is 5.14. The average Bonchev–Trinajstić information content (AvgIpc) is 2.88. The summed E-state index contributed by atoms with van der Waals surface area (Å²) in [4.78, 5) is 0.318. The van der Waals surface area contributed by atoms with E-state index in [1.165, 1.54) is 0 Å². The van der Waals surface area contributed by atoms with Gasteiger partial charge >= 0.3 is 0 Å². The minimum Gasteiger partial charge on any atom is -0.398 e. The Morgan fingerprint density at radius 2 is 2.11 bits per heavy atom. The molecule has 0 aliphatic carbocycles. The number of hydrogen-bond acceptors (Lipinski definition) is 3. The van der Waals surface area contributed by atoms with Gasteiger partial charge in [-0.2, -0.15) is 4.31 Å². The van der Waals surface area contributed by atoms with E-state index in [4.69, 9.17) is 5.73 Å². The molecule has 106 valence electrons. The summed E-state index contributed by atoms with van der Waals surface area (Å²) in [6.45, 7) is 5.37. The number of nitrogens with two attached hydrogens (primary N) is 1. The Morgan fingerprint density at radius 3 is 2.63 bits per heavy atom. The molecule has 0 aromatic heterocycles. The van der Waals surface area contributed by atoms with Gasteiger partial charge in [0.2, 0.25) is 10.0 Å². The van der Waals surface area contributed by atoms with Gasteiger partial charge in [-0.25, -0.2) is 8.42 Å². The van der Waals surface area contributed by atoms with Gasteiger partial charge in [0, 0.05) is 18.8 Å². The summed E-state index contributed by atoms with van der Waals surface area (Å²) < 4.78 is 26.6. The van der Waals surface area contributed by atoms with Crippen LogP contribution in [-0.4, -0.2) is 25.8 Å². The van der Waals surface area contributed by atoms with E-state index < -0.39 is 10.0 Å². The van der Waals surface area contributed by atoms with E-state index in [2.05, 4.69) is 6.92 Å². The van der Waals surface area contributed by atoms with Gasteiger partial charge in [0.15, 0.2) is 0 Å². The monoisotopic (exact) mass is 282 g/mol. The minimum absolute atomic E-state index is 0.318. The first-order chi connectivity index (χ1) is 8.98. The second-order valence-corrected chi connectivity index (χ2v) is 7.08. The molecule has 1 heterocycles. The number of sulfonamides is 1. The minimum atomic E-state index is -3.38. The summed E-state index contributed by atoms with van der Waals surface area (Å²) in [5, 5.41) is 0. The smallest absolute Gasteiger partial charge is 0.243 e. The number of nitrogens with zero attached hydrogens (tertiary/aromatic N) is 1. The largest absolute Gasteiger partial charge is 0.398 e. The first-order valence-corrected chi connectivity index (χ1v) is 8.31. The van der Waals surface area contributed by atoms with E-state index in [1.54, 1.807) is 16.4 Å². The Hall–Kier alpha value is -1.07. The van der Waals surface area contributed by atoms with Gasteiger partial charge in [0.25, 0.3) is 0 Å². The summed E-state index contributed by atoms with van der Waals surface area (Å²) in [6.07, 6.45) is 2.80. The predicted octanol–water partition coefficient (Wildman–Crippen LogP) is 2.25. The molecule has 2 rings (SSSR count). The number of nitrogen functional groups attached to an aromatic ring is 1. The predicted molar refractivity (Wildman–Crippen MR) is 77.4 cm³/mol. The third-order valence-corrected chi connectivity index (χ3v) is 5.82. The van der Waals surface area contributed by atoms with Gasteiger partial charge in [0.1, 0.15) is 0 Å². The molecular formula is C14H22N2O2S. The fraction of sp³-hybridized carbons (Fsp3) is 0.571. The van der Waals surface area contributed by atoms with Crippen LogP contribution in [0.3, 0.4) is 0 Å². The zero-order valence-corrected chi connectivity index (χ0v) is 12.4. The fourth-order valence-corrected chi connectivity index (χ4v) is 4.12. The van der Waals surface area contributed by atoms with E-state index in [0.717, 1.165) is 24.8 Å². The van der Waals surface area contributed by atoms with Crippen LogP contribution >= 0.6 is 0 Å². The lowest BCUT2D eigenvalue weighted by Gasteiger charge is -2.17. The normalized spacial score (nSPS) is 20.8. The van der Waals surface area contributed by atoms with Crippen molar-refractivity contribution in [3.63, 3.8) is 0 Å². The molecule has 4 nitrogen and oxygen atoms in total. The lowest BCUT2D eigenvalue weighted by Crippen LogP contribution is -2.29.